The van der Waals surface area contributed by atoms with Crippen LogP contribution in [0.1, 0.15) is 32.4 Å². The second-order valence-corrected chi connectivity index (χ2v) is 5.79. The highest BCUT2D eigenvalue weighted by Crippen LogP contribution is 2.38. The molecular weight excluding hydrogens is 269 g/mol. The van der Waals surface area contributed by atoms with Gasteiger partial charge in [0.05, 0.1) is 16.6 Å². The minimum Gasteiger partial charge on any atom is -0.389 e. The molecule has 0 aliphatic carbocycles. The molecule has 0 bridgehead atoms. The lowest BCUT2D eigenvalue weighted by molar-refractivity contribution is 0.200. The van der Waals surface area contributed by atoms with E-state index >= 15 is 0 Å². The van der Waals surface area contributed by atoms with Gasteiger partial charge in [-0.15, -0.1) is 0 Å². The number of nitrogens with zero attached hydrogens (tertiary/aromatic N) is 1. The largest absolute Gasteiger partial charge is 0.389 e. The van der Waals surface area contributed by atoms with Crippen LogP contribution in [0.5, 0.6) is 0 Å². The smallest absolute Gasteiger partial charge is 0.115 e. The normalized spacial score (nSPS) is 13.5. The van der Waals surface area contributed by atoms with Crippen molar-refractivity contribution >= 4 is 34.1 Å². The van der Waals surface area contributed by atoms with Crippen molar-refractivity contribution in [2.45, 2.75) is 33.4 Å². The highest BCUT2D eigenvalue weighted by atomic mass is 35.5. The van der Waals surface area contributed by atoms with E-state index in [1.807, 2.05) is 22.8 Å². The zero-order valence-corrected chi connectivity index (χ0v) is 12.3. The first kappa shape index (κ1) is 13.7. The number of aliphatic hydroxyl groups excluding tert-OH is 1. The van der Waals surface area contributed by atoms with Crippen molar-refractivity contribution in [3.63, 3.8) is 0 Å². The predicted octanol–water partition coefficient (Wildman–Crippen LogP) is 4.66. The van der Waals surface area contributed by atoms with Crippen LogP contribution in [0.2, 0.25) is 10.2 Å². The van der Waals surface area contributed by atoms with Crippen LogP contribution in [0.3, 0.4) is 0 Å². The Hall–Kier alpha value is -0.700. The van der Waals surface area contributed by atoms with Crippen LogP contribution in [0.15, 0.2) is 18.2 Å². The second kappa shape index (κ2) is 5.12. The van der Waals surface area contributed by atoms with Gasteiger partial charge in [0.15, 0.2) is 0 Å². The molecule has 0 aliphatic rings. The lowest BCUT2D eigenvalue weighted by Crippen LogP contribution is -2.05. The summed E-state index contributed by atoms with van der Waals surface area (Å²) >= 11 is 12.7. The van der Waals surface area contributed by atoms with Gasteiger partial charge in [-0.3, -0.25) is 0 Å². The first-order valence-corrected chi connectivity index (χ1v) is 6.83. The van der Waals surface area contributed by atoms with E-state index in [4.69, 9.17) is 23.2 Å². The number of para-hydroxylation sites is 1. The summed E-state index contributed by atoms with van der Waals surface area (Å²) in [5.74, 6) is 0.455. The van der Waals surface area contributed by atoms with Crippen molar-refractivity contribution in [2.24, 2.45) is 5.92 Å². The van der Waals surface area contributed by atoms with Crippen LogP contribution in [0, 0.1) is 5.92 Å². The van der Waals surface area contributed by atoms with E-state index in [2.05, 4.69) is 13.8 Å². The van der Waals surface area contributed by atoms with Gasteiger partial charge in [0.1, 0.15) is 5.15 Å². The third-order valence-corrected chi connectivity index (χ3v) is 3.68. The lowest BCUT2D eigenvalue weighted by Gasteiger charge is -2.11. The molecule has 1 heterocycles. The molecule has 4 heteroatoms. The van der Waals surface area contributed by atoms with Crippen LogP contribution < -0.4 is 0 Å². The van der Waals surface area contributed by atoms with Gasteiger partial charge in [-0.1, -0.05) is 49.2 Å². The maximum atomic E-state index is 9.90. The molecule has 0 saturated heterocycles. The number of hydrogen-bond acceptors (Lipinski definition) is 1. The van der Waals surface area contributed by atoms with Crippen LogP contribution in [0.4, 0.5) is 0 Å². The molecule has 2 rings (SSSR count). The monoisotopic (exact) mass is 285 g/mol. The fourth-order valence-electron chi connectivity index (χ4n) is 2.30. The zero-order chi connectivity index (χ0) is 13.4. The molecule has 0 fully saturated rings. The summed E-state index contributed by atoms with van der Waals surface area (Å²) in [6.45, 7) is 6.76. The molecule has 0 aliphatic heterocycles. The lowest BCUT2D eigenvalue weighted by atomic mass is 10.1. The summed E-state index contributed by atoms with van der Waals surface area (Å²) in [7, 11) is 0. The Bertz CT molecular complexity index is 573. The van der Waals surface area contributed by atoms with Gasteiger partial charge in [-0.2, -0.15) is 0 Å². The van der Waals surface area contributed by atoms with Crippen molar-refractivity contribution < 1.29 is 5.11 Å². The number of aromatic nitrogens is 1. The summed E-state index contributed by atoms with van der Waals surface area (Å²) in [6, 6.07) is 5.68. The minimum atomic E-state index is -0.605. The molecule has 98 valence electrons. The number of fused-ring (bicyclic) bond motifs is 1. The predicted molar refractivity (Wildman–Crippen MR) is 77.4 cm³/mol. The Balaban J connectivity index is 2.79. The summed E-state index contributed by atoms with van der Waals surface area (Å²) in [5, 5.41) is 12.1. The Kier molecular flexibility index (Phi) is 3.90. The van der Waals surface area contributed by atoms with Gasteiger partial charge in [-0.05, 0) is 18.9 Å². The summed E-state index contributed by atoms with van der Waals surface area (Å²) in [4.78, 5) is 0. The van der Waals surface area contributed by atoms with E-state index in [1.54, 1.807) is 6.92 Å². The first-order chi connectivity index (χ1) is 8.43. The SMILES string of the molecule is CC(C)Cn1c(Cl)c(C(C)O)c2cccc(Cl)c21. The Morgan fingerprint density at radius 1 is 1.22 bits per heavy atom. The first-order valence-electron chi connectivity index (χ1n) is 6.07. The van der Waals surface area contributed by atoms with Crippen LogP contribution in [-0.4, -0.2) is 9.67 Å². The number of aliphatic hydroxyl groups is 1. The fourth-order valence-corrected chi connectivity index (χ4v) is 2.99. The van der Waals surface area contributed by atoms with E-state index in [0.717, 1.165) is 23.0 Å². The van der Waals surface area contributed by atoms with Gasteiger partial charge in [0.25, 0.3) is 0 Å². The summed E-state index contributed by atoms with van der Waals surface area (Å²) < 4.78 is 1.99. The molecule has 0 amide bonds. The third kappa shape index (κ3) is 2.25. The van der Waals surface area contributed by atoms with Gasteiger partial charge < -0.3 is 9.67 Å². The molecule has 0 saturated carbocycles. The molecule has 0 spiro atoms. The number of rotatable bonds is 3. The quantitative estimate of drug-likeness (QED) is 0.872. The van der Waals surface area contributed by atoms with E-state index < -0.39 is 6.10 Å². The Morgan fingerprint density at radius 3 is 2.44 bits per heavy atom. The molecular formula is C14H17Cl2NO. The molecule has 1 aromatic carbocycles. The average molecular weight is 286 g/mol. The van der Waals surface area contributed by atoms with E-state index in [-0.39, 0.29) is 0 Å². The van der Waals surface area contributed by atoms with Gasteiger partial charge in [0, 0.05) is 17.5 Å². The maximum absolute atomic E-state index is 9.90. The molecule has 2 nitrogen and oxygen atoms in total. The van der Waals surface area contributed by atoms with Crippen molar-refractivity contribution in [2.75, 3.05) is 0 Å². The number of halogens is 2. The van der Waals surface area contributed by atoms with Gasteiger partial charge in [-0.25, -0.2) is 0 Å². The number of benzene rings is 1. The maximum Gasteiger partial charge on any atom is 0.115 e. The molecule has 18 heavy (non-hydrogen) atoms. The highest BCUT2D eigenvalue weighted by Gasteiger charge is 2.20. The Labute approximate surface area is 117 Å². The molecule has 2 aromatic rings. The molecule has 1 N–H and O–H groups in total. The molecule has 1 aromatic heterocycles. The van der Waals surface area contributed by atoms with E-state index in [0.29, 0.717) is 16.1 Å². The van der Waals surface area contributed by atoms with Crippen LogP contribution in [0.25, 0.3) is 10.9 Å². The second-order valence-electron chi connectivity index (χ2n) is 5.02. The molecule has 0 radical (unpaired) electrons. The van der Waals surface area contributed by atoms with Gasteiger partial charge in [0.2, 0.25) is 0 Å². The summed E-state index contributed by atoms with van der Waals surface area (Å²) in [5.41, 5.74) is 1.67. The standard InChI is InChI=1S/C14H17Cl2NO/c1-8(2)7-17-13-10(5-4-6-11(13)15)12(9(3)18)14(17)16/h4-6,8-9,18H,7H2,1-3H3. The van der Waals surface area contributed by atoms with Crippen LogP contribution >= 0.6 is 23.2 Å². The molecule has 1 unspecified atom stereocenters. The highest BCUT2D eigenvalue weighted by molar-refractivity contribution is 6.37. The zero-order valence-electron chi connectivity index (χ0n) is 10.7. The van der Waals surface area contributed by atoms with Gasteiger partial charge >= 0.3 is 0 Å². The van der Waals surface area contributed by atoms with Crippen molar-refractivity contribution in [3.05, 3.63) is 33.9 Å². The molecule has 1 atom stereocenters. The van der Waals surface area contributed by atoms with Crippen molar-refractivity contribution in [3.8, 4) is 0 Å². The topological polar surface area (TPSA) is 25.2 Å². The minimum absolute atomic E-state index is 0.455. The average Bonchev–Trinajstić information content (AvgIpc) is 2.52. The van der Waals surface area contributed by atoms with E-state index in [1.165, 1.54) is 0 Å². The van der Waals surface area contributed by atoms with E-state index in [9.17, 15) is 5.11 Å². The van der Waals surface area contributed by atoms with Crippen LogP contribution in [-0.2, 0) is 6.54 Å². The Morgan fingerprint density at radius 2 is 1.89 bits per heavy atom. The summed E-state index contributed by atoms with van der Waals surface area (Å²) in [6.07, 6.45) is -0.605. The van der Waals surface area contributed by atoms with Crippen molar-refractivity contribution in [1.82, 2.24) is 4.57 Å². The fraction of sp³-hybridized carbons (Fsp3) is 0.429. The van der Waals surface area contributed by atoms with Crippen molar-refractivity contribution in [1.29, 1.82) is 0 Å². The third-order valence-electron chi connectivity index (χ3n) is 2.97. The number of hydrogen-bond donors (Lipinski definition) is 1.